The highest BCUT2D eigenvalue weighted by Gasteiger charge is 2.49. The predicted molar refractivity (Wildman–Crippen MR) is 65.2 cm³/mol. The lowest BCUT2D eigenvalue weighted by atomic mass is 10.1. The summed E-state index contributed by atoms with van der Waals surface area (Å²) in [5.41, 5.74) is 0.285. The van der Waals surface area contributed by atoms with Gasteiger partial charge in [-0.3, -0.25) is 4.79 Å². The summed E-state index contributed by atoms with van der Waals surface area (Å²) in [5, 5.41) is 11.9. The number of methoxy groups -OCH3 is 1. The number of ether oxygens (including phenoxy) is 1. The molecular weight excluding hydrogens is 234 g/mol. The number of nitrogens with one attached hydrogen (secondary N) is 1. The van der Waals surface area contributed by atoms with Crippen LogP contribution >= 0.6 is 0 Å². The third-order valence-electron chi connectivity index (χ3n) is 3.18. The molecule has 0 heterocycles. The van der Waals surface area contributed by atoms with Crippen LogP contribution in [0.4, 0.5) is 5.69 Å². The van der Waals surface area contributed by atoms with Gasteiger partial charge < -0.3 is 15.2 Å². The molecule has 0 radical (unpaired) electrons. The molecule has 1 saturated carbocycles. The summed E-state index contributed by atoms with van der Waals surface area (Å²) in [7, 11) is 1.30. The van der Waals surface area contributed by atoms with Crippen molar-refractivity contribution in [3.8, 4) is 0 Å². The summed E-state index contributed by atoms with van der Waals surface area (Å²) < 4.78 is 4.61. The molecule has 0 unspecified atom stereocenters. The zero-order valence-corrected chi connectivity index (χ0v) is 10.1. The van der Waals surface area contributed by atoms with Crippen LogP contribution in [0, 0.1) is 5.41 Å². The third kappa shape index (κ3) is 2.36. The highest BCUT2D eigenvalue weighted by molar-refractivity contribution is 5.98. The Morgan fingerprint density at radius 2 is 2.17 bits per heavy atom. The van der Waals surface area contributed by atoms with Gasteiger partial charge >= 0.3 is 5.97 Å². The van der Waals surface area contributed by atoms with Crippen LogP contribution in [-0.4, -0.2) is 30.7 Å². The van der Waals surface area contributed by atoms with E-state index in [2.05, 4.69) is 10.1 Å². The van der Waals surface area contributed by atoms with E-state index in [4.69, 9.17) is 5.11 Å². The van der Waals surface area contributed by atoms with Gasteiger partial charge in [0.1, 0.15) is 0 Å². The fourth-order valence-corrected chi connectivity index (χ4v) is 1.71. The third-order valence-corrected chi connectivity index (χ3v) is 3.18. The SMILES string of the molecule is COC(=O)c1cccc(NC(=O)C2(CO)CC2)c1. The number of aliphatic hydroxyl groups excluding tert-OH is 1. The van der Waals surface area contributed by atoms with Crippen molar-refractivity contribution in [2.45, 2.75) is 12.8 Å². The summed E-state index contributed by atoms with van der Waals surface area (Å²) >= 11 is 0. The smallest absolute Gasteiger partial charge is 0.337 e. The van der Waals surface area contributed by atoms with E-state index >= 15 is 0 Å². The molecule has 0 spiro atoms. The molecular formula is C13H15NO4. The van der Waals surface area contributed by atoms with Gasteiger partial charge in [0, 0.05) is 5.69 Å². The van der Waals surface area contributed by atoms with Crippen molar-refractivity contribution in [2.24, 2.45) is 5.41 Å². The molecule has 1 aliphatic carbocycles. The number of carbonyl (C=O) groups is 2. The average Bonchev–Trinajstić information content (AvgIpc) is 3.19. The van der Waals surface area contributed by atoms with Crippen molar-refractivity contribution in [1.29, 1.82) is 0 Å². The number of amides is 1. The number of hydrogen-bond acceptors (Lipinski definition) is 4. The second kappa shape index (κ2) is 4.78. The number of esters is 1. The van der Waals surface area contributed by atoms with Crippen LogP contribution in [-0.2, 0) is 9.53 Å². The normalized spacial score (nSPS) is 15.9. The van der Waals surface area contributed by atoms with Crippen LogP contribution in [0.5, 0.6) is 0 Å². The molecule has 1 aromatic carbocycles. The van der Waals surface area contributed by atoms with Crippen LogP contribution in [0.1, 0.15) is 23.2 Å². The Bertz CT molecular complexity index is 480. The van der Waals surface area contributed by atoms with E-state index in [1.54, 1.807) is 24.3 Å². The minimum absolute atomic E-state index is 0.143. The summed E-state index contributed by atoms with van der Waals surface area (Å²) in [6.07, 6.45) is 1.40. The average molecular weight is 249 g/mol. The molecule has 2 rings (SSSR count). The lowest BCUT2D eigenvalue weighted by molar-refractivity contribution is -0.122. The van der Waals surface area contributed by atoms with Crippen molar-refractivity contribution >= 4 is 17.6 Å². The van der Waals surface area contributed by atoms with Crippen molar-refractivity contribution in [2.75, 3.05) is 19.0 Å². The molecule has 0 saturated heterocycles. The van der Waals surface area contributed by atoms with Crippen LogP contribution in [0.3, 0.4) is 0 Å². The maximum Gasteiger partial charge on any atom is 0.337 e. The summed E-state index contributed by atoms with van der Waals surface area (Å²) in [6.45, 7) is -0.143. The summed E-state index contributed by atoms with van der Waals surface area (Å²) in [4.78, 5) is 23.2. The number of benzene rings is 1. The minimum Gasteiger partial charge on any atom is -0.465 e. The fraction of sp³-hybridized carbons (Fsp3) is 0.385. The standard InChI is InChI=1S/C13H15NO4/c1-18-11(16)9-3-2-4-10(7-9)14-12(17)13(8-15)5-6-13/h2-4,7,15H,5-6,8H2,1H3,(H,14,17). The molecule has 5 nitrogen and oxygen atoms in total. The van der Waals surface area contributed by atoms with E-state index < -0.39 is 11.4 Å². The first kappa shape index (κ1) is 12.6. The van der Waals surface area contributed by atoms with Gasteiger partial charge in [0.15, 0.2) is 0 Å². The Kier molecular flexibility index (Phi) is 3.34. The van der Waals surface area contributed by atoms with Gasteiger partial charge in [0.05, 0.1) is 24.7 Å². The predicted octanol–water partition coefficient (Wildman–Crippen LogP) is 1.18. The number of carbonyl (C=O) groups excluding carboxylic acids is 2. The van der Waals surface area contributed by atoms with Gasteiger partial charge in [-0.25, -0.2) is 4.79 Å². The second-order valence-electron chi connectivity index (χ2n) is 4.46. The maximum absolute atomic E-state index is 11.9. The van der Waals surface area contributed by atoms with Gasteiger partial charge in [-0.15, -0.1) is 0 Å². The second-order valence-corrected chi connectivity index (χ2v) is 4.46. The van der Waals surface area contributed by atoms with Gasteiger partial charge in [-0.2, -0.15) is 0 Å². The molecule has 0 aliphatic heterocycles. The molecule has 0 atom stereocenters. The van der Waals surface area contributed by atoms with E-state index in [-0.39, 0.29) is 12.5 Å². The van der Waals surface area contributed by atoms with Gasteiger partial charge in [-0.05, 0) is 31.0 Å². The molecule has 0 bridgehead atoms. The molecule has 1 aliphatic rings. The Morgan fingerprint density at radius 3 is 2.72 bits per heavy atom. The molecule has 18 heavy (non-hydrogen) atoms. The Morgan fingerprint density at radius 1 is 1.44 bits per heavy atom. The number of aliphatic hydroxyl groups is 1. The maximum atomic E-state index is 11.9. The highest BCUT2D eigenvalue weighted by Crippen LogP contribution is 2.45. The van der Waals surface area contributed by atoms with Crippen LogP contribution in [0.15, 0.2) is 24.3 Å². The topological polar surface area (TPSA) is 75.6 Å². The first-order valence-electron chi connectivity index (χ1n) is 5.72. The fourth-order valence-electron chi connectivity index (χ4n) is 1.71. The summed E-state index contributed by atoms with van der Waals surface area (Å²) in [5.74, 6) is -0.651. The first-order valence-corrected chi connectivity index (χ1v) is 5.72. The minimum atomic E-state index is -0.624. The van der Waals surface area contributed by atoms with Gasteiger partial charge in [-0.1, -0.05) is 6.07 Å². The molecule has 1 amide bonds. The molecule has 1 aromatic rings. The lowest BCUT2D eigenvalue weighted by Gasteiger charge is -2.12. The van der Waals surface area contributed by atoms with Crippen molar-refractivity contribution in [3.05, 3.63) is 29.8 Å². The molecule has 2 N–H and O–H groups in total. The van der Waals surface area contributed by atoms with Crippen molar-refractivity contribution in [1.82, 2.24) is 0 Å². The Labute approximate surface area is 105 Å². The number of anilines is 1. The summed E-state index contributed by atoms with van der Waals surface area (Å²) in [6, 6.07) is 6.52. The lowest BCUT2D eigenvalue weighted by Crippen LogP contribution is -2.27. The monoisotopic (exact) mass is 249 g/mol. The Balaban J connectivity index is 2.10. The van der Waals surface area contributed by atoms with E-state index in [1.807, 2.05) is 0 Å². The van der Waals surface area contributed by atoms with Gasteiger partial charge in [0.2, 0.25) is 5.91 Å². The molecule has 5 heteroatoms. The molecule has 1 fully saturated rings. The zero-order chi connectivity index (χ0) is 13.2. The quantitative estimate of drug-likeness (QED) is 0.786. The van der Waals surface area contributed by atoms with Crippen molar-refractivity contribution in [3.63, 3.8) is 0 Å². The molecule has 96 valence electrons. The van der Waals surface area contributed by atoms with Crippen LogP contribution in [0.25, 0.3) is 0 Å². The van der Waals surface area contributed by atoms with Crippen molar-refractivity contribution < 1.29 is 19.4 Å². The van der Waals surface area contributed by atoms with E-state index in [1.165, 1.54) is 7.11 Å². The van der Waals surface area contributed by atoms with Gasteiger partial charge in [0.25, 0.3) is 0 Å². The number of hydrogen-bond donors (Lipinski definition) is 2. The first-order chi connectivity index (χ1) is 8.61. The van der Waals surface area contributed by atoms with E-state index in [0.29, 0.717) is 24.1 Å². The van der Waals surface area contributed by atoms with E-state index in [9.17, 15) is 9.59 Å². The zero-order valence-electron chi connectivity index (χ0n) is 10.1. The Hall–Kier alpha value is -1.88. The molecule has 0 aromatic heterocycles. The highest BCUT2D eigenvalue weighted by atomic mass is 16.5. The largest absolute Gasteiger partial charge is 0.465 e. The number of rotatable bonds is 4. The van der Waals surface area contributed by atoms with E-state index in [0.717, 1.165) is 0 Å². The van der Waals surface area contributed by atoms with Crippen LogP contribution in [0.2, 0.25) is 0 Å². The van der Waals surface area contributed by atoms with Crippen LogP contribution < -0.4 is 5.32 Å².